The van der Waals surface area contributed by atoms with Gasteiger partial charge in [0.25, 0.3) is 5.91 Å². The van der Waals surface area contributed by atoms with Gasteiger partial charge in [-0.1, -0.05) is 23.9 Å². The Bertz CT molecular complexity index is 1220. The molecule has 9 heteroatoms. The maximum Gasteiger partial charge on any atom is 0.291 e. The average Bonchev–Trinajstić information content (AvgIpc) is 3.50. The summed E-state index contributed by atoms with van der Waals surface area (Å²) < 4.78 is 12.3. The molecule has 0 saturated heterocycles. The standard InChI is InChI=1S/C23H20N4O4S/c1-30-19-8-3-7-18(14-19)27-11-10-24-23(27)32-15-21(28)25-16-5-2-6-17(13-16)26-22(29)20-9-4-12-31-20/h2-14H,15H2,1H3,(H,25,28)(H,26,29). The van der Waals surface area contributed by atoms with E-state index in [0.29, 0.717) is 16.5 Å². The zero-order chi connectivity index (χ0) is 22.3. The number of nitrogens with one attached hydrogen (secondary N) is 2. The van der Waals surface area contributed by atoms with E-state index in [9.17, 15) is 9.59 Å². The van der Waals surface area contributed by atoms with Crippen molar-refractivity contribution in [3.8, 4) is 11.4 Å². The first-order chi connectivity index (χ1) is 15.6. The molecule has 0 spiro atoms. The minimum absolute atomic E-state index is 0.171. The van der Waals surface area contributed by atoms with Gasteiger partial charge < -0.3 is 19.8 Å². The molecule has 0 fully saturated rings. The second-order valence-corrected chi connectivity index (χ2v) is 7.57. The highest BCUT2D eigenvalue weighted by molar-refractivity contribution is 7.99. The van der Waals surface area contributed by atoms with Crippen molar-refractivity contribution in [1.82, 2.24) is 9.55 Å². The van der Waals surface area contributed by atoms with E-state index in [-0.39, 0.29) is 23.3 Å². The summed E-state index contributed by atoms with van der Waals surface area (Å²) in [5.74, 6) is 0.568. The molecule has 162 valence electrons. The maximum absolute atomic E-state index is 12.5. The van der Waals surface area contributed by atoms with Crippen molar-refractivity contribution in [2.45, 2.75) is 5.16 Å². The van der Waals surface area contributed by atoms with E-state index in [4.69, 9.17) is 9.15 Å². The first kappa shape index (κ1) is 21.3. The van der Waals surface area contributed by atoms with E-state index in [2.05, 4.69) is 15.6 Å². The molecule has 0 bridgehead atoms. The molecule has 0 aliphatic rings. The number of anilines is 2. The number of benzene rings is 2. The van der Waals surface area contributed by atoms with Crippen LogP contribution in [0.5, 0.6) is 5.75 Å². The van der Waals surface area contributed by atoms with E-state index < -0.39 is 0 Å². The van der Waals surface area contributed by atoms with E-state index in [1.165, 1.54) is 18.0 Å². The van der Waals surface area contributed by atoms with Crippen LogP contribution < -0.4 is 15.4 Å². The fourth-order valence-electron chi connectivity index (χ4n) is 2.96. The number of amides is 2. The van der Waals surface area contributed by atoms with Crippen LogP contribution >= 0.6 is 11.8 Å². The Morgan fingerprint density at radius 1 is 1.06 bits per heavy atom. The molecule has 0 atom stereocenters. The summed E-state index contributed by atoms with van der Waals surface area (Å²) in [4.78, 5) is 29.0. The number of nitrogens with zero attached hydrogens (tertiary/aromatic N) is 2. The van der Waals surface area contributed by atoms with Gasteiger partial charge in [-0.05, 0) is 42.5 Å². The Hall–Kier alpha value is -3.98. The molecule has 32 heavy (non-hydrogen) atoms. The molecule has 0 unspecified atom stereocenters. The first-order valence-electron chi connectivity index (χ1n) is 9.68. The number of hydrogen-bond donors (Lipinski definition) is 2. The van der Waals surface area contributed by atoms with E-state index >= 15 is 0 Å². The number of carbonyl (C=O) groups excluding carboxylic acids is 2. The van der Waals surface area contributed by atoms with Crippen LogP contribution in [-0.2, 0) is 4.79 Å². The zero-order valence-electron chi connectivity index (χ0n) is 17.1. The molecule has 2 heterocycles. The highest BCUT2D eigenvalue weighted by Gasteiger charge is 2.12. The van der Waals surface area contributed by atoms with Gasteiger partial charge in [0.15, 0.2) is 10.9 Å². The van der Waals surface area contributed by atoms with Crippen molar-refractivity contribution >= 4 is 35.0 Å². The number of rotatable bonds is 8. The summed E-state index contributed by atoms with van der Waals surface area (Å²) in [6, 6.07) is 17.7. The maximum atomic E-state index is 12.5. The predicted molar refractivity (Wildman–Crippen MR) is 123 cm³/mol. The molecular weight excluding hydrogens is 428 g/mol. The number of imidazole rings is 1. The lowest BCUT2D eigenvalue weighted by atomic mass is 10.2. The lowest BCUT2D eigenvalue weighted by molar-refractivity contribution is -0.113. The van der Waals surface area contributed by atoms with Crippen molar-refractivity contribution in [2.24, 2.45) is 0 Å². The van der Waals surface area contributed by atoms with Crippen LogP contribution in [0.1, 0.15) is 10.6 Å². The third-order valence-electron chi connectivity index (χ3n) is 4.42. The van der Waals surface area contributed by atoms with Gasteiger partial charge in [0, 0.05) is 29.8 Å². The van der Waals surface area contributed by atoms with Crippen LogP contribution in [0.3, 0.4) is 0 Å². The van der Waals surface area contributed by atoms with Crippen LogP contribution in [0, 0.1) is 0 Å². The molecule has 4 aromatic rings. The summed E-state index contributed by atoms with van der Waals surface area (Å²) in [6.45, 7) is 0. The van der Waals surface area contributed by atoms with Crippen LogP contribution in [0.15, 0.2) is 88.9 Å². The molecule has 8 nitrogen and oxygen atoms in total. The highest BCUT2D eigenvalue weighted by Crippen LogP contribution is 2.24. The third kappa shape index (κ3) is 5.19. The van der Waals surface area contributed by atoms with Crippen molar-refractivity contribution in [3.05, 3.63) is 85.1 Å². The number of ether oxygens (including phenoxy) is 1. The van der Waals surface area contributed by atoms with Crippen LogP contribution in [-0.4, -0.2) is 34.2 Å². The summed E-state index contributed by atoms with van der Waals surface area (Å²) >= 11 is 1.32. The average molecular weight is 449 g/mol. The molecule has 0 radical (unpaired) electrons. The molecule has 0 aliphatic carbocycles. The number of furan rings is 1. The second-order valence-electron chi connectivity index (χ2n) is 6.63. The summed E-state index contributed by atoms with van der Waals surface area (Å²) in [5, 5.41) is 6.26. The second kappa shape index (κ2) is 9.88. The van der Waals surface area contributed by atoms with E-state index in [1.54, 1.807) is 49.7 Å². The molecule has 0 saturated carbocycles. The molecule has 2 aromatic heterocycles. The number of aromatic nitrogens is 2. The number of hydrogen-bond acceptors (Lipinski definition) is 6. The van der Waals surface area contributed by atoms with Crippen molar-refractivity contribution in [2.75, 3.05) is 23.5 Å². The fourth-order valence-corrected chi connectivity index (χ4v) is 3.73. The van der Waals surface area contributed by atoms with Gasteiger partial charge in [0.05, 0.1) is 24.8 Å². The largest absolute Gasteiger partial charge is 0.497 e. The van der Waals surface area contributed by atoms with Gasteiger partial charge >= 0.3 is 0 Å². The van der Waals surface area contributed by atoms with Crippen molar-refractivity contribution < 1.29 is 18.7 Å². The molecule has 0 aliphatic heterocycles. The lowest BCUT2D eigenvalue weighted by Gasteiger charge is -2.10. The fraction of sp³-hybridized carbons (Fsp3) is 0.0870. The van der Waals surface area contributed by atoms with Crippen LogP contribution in [0.25, 0.3) is 5.69 Å². The molecule has 2 aromatic carbocycles. The Morgan fingerprint density at radius 3 is 2.66 bits per heavy atom. The normalized spacial score (nSPS) is 10.5. The molecular formula is C23H20N4O4S. The number of thioether (sulfide) groups is 1. The Labute approximate surface area is 188 Å². The van der Waals surface area contributed by atoms with E-state index in [1.807, 2.05) is 35.0 Å². The number of carbonyl (C=O) groups is 2. The summed E-state index contributed by atoms with van der Waals surface area (Å²) in [7, 11) is 1.62. The molecule has 4 rings (SSSR count). The van der Waals surface area contributed by atoms with Gasteiger partial charge in [-0.3, -0.25) is 14.2 Å². The Kier molecular flexibility index (Phi) is 6.57. The quantitative estimate of drug-likeness (QED) is 0.386. The van der Waals surface area contributed by atoms with Crippen LogP contribution in [0.2, 0.25) is 0 Å². The molecule has 2 N–H and O–H groups in total. The Morgan fingerprint density at radius 2 is 1.88 bits per heavy atom. The van der Waals surface area contributed by atoms with Gasteiger partial charge in [-0.2, -0.15) is 0 Å². The first-order valence-corrected chi connectivity index (χ1v) is 10.7. The predicted octanol–water partition coefficient (Wildman–Crippen LogP) is 4.46. The SMILES string of the molecule is COc1cccc(-n2ccnc2SCC(=O)Nc2cccc(NC(=O)c3ccco3)c2)c1. The highest BCUT2D eigenvalue weighted by atomic mass is 32.2. The van der Waals surface area contributed by atoms with Crippen molar-refractivity contribution in [3.63, 3.8) is 0 Å². The summed E-state index contributed by atoms with van der Waals surface area (Å²) in [5.41, 5.74) is 2.01. The van der Waals surface area contributed by atoms with E-state index in [0.717, 1.165) is 11.4 Å². The zero-order valence-corrected chi connectivity index (χ0v) is 18.0. The van der Waals surface area contributed by atoms with Gasteiger partial charge in [-0.25, -0.2) is 4.98 Å². The lowest BCUT2D eigenvalue weighted by Crippen LogP contribution is -2.15. The minimum Gasteiger partial charge on any atom is -0.497 e. The van der Waals surface area contributed by atoms with Crippen LogP contribution in [0.4, 0.5) is 11.4 Å². The van der Waals surface area contributed by atoms with Gasteiger partial charge in [-0.15, -0.1) is 0 Å². The minimum atomic E-state index is -0.363. The third-order valence-corrected chi connectivity index (χ3v) is 5.39. The molecule has 2 amide bonds. The van der Waals surface area contributed by atoms with Crippen molar-refractivity contribution in [1.29, 1.82) is 0 Å². The van der Waals surface area contributed by atoms with Gasteiger partial charge in [0.1, 0.15) is 5.75 Å². The monoisotopic (exact) mass is 448 g/mol. The van der Waals surface area contributed by atoms with Gasteiger partial charge in [0.2, 0.25) is 5.91 Å². The summed E-state index contributed by atoms with van der Waals surface area (Å²) in [6.07, 6.45) is 4.95. The Balaban J connectivity index is 1.36. The topological polar surface area (TPSA) is 98.4 Å². The smallest absolute Gasteiger partial charge is 0.291 e. The number of methoxy groups -OCH3 is 1.